The lowest BCUT2D eigenvalue weighted by atomic mass is 9.92. The van der Waals surface area contributed by atoms with Crippen molar-refractivity contribution in [3.8, 4) is 0 Å². The first-order valence-electron chi connectivity index (χ1n) is 13.1. The third-order valence-corrected chi connectivity index (χ3v) is 6.60. The minimum Gasteiger partial charge on any atom is -0.465 e. The number of ether oxygens (including phenoxy) is 3. The quantitative estimate of drug-likeness (QED) is 0.346. The standard InChI is InChI=1S/C28H38ClN3O6/c1-3-37-28(38-4-2,23-9-6-5-7-10-23)25-19-24(29)12-11-22(25)20-30-26(33)21-32(27(34)35)14-8-13-31-15-17-36-18-16-31/h5-7,9-12,19H,3-4,8,13-18,20-21H2,1-2H3,(H,30,33)(H,34,35). The second-order valence-electron chi connectivity index (χ2n) is 8.94. The average molecular weight is 548 g/mol. The fourth-order valence-corrected chi connectivity index (χ4v) is 4.74. The van der Waals surface area contributed by atoms with Crippen molar-refractivity contribution in [2.75, 3.05) is 59.2 Å². The molecule has 10 heteroatoms. The molecule has 1 fully saturated rings. The molecule has 38 heavy (non-hydrogen) atoms. The number of rotatable bonds is 14. The molecule has 208 valence electrons. The summed E-state index contributed by atoms with van der Waals surface area (Å²) < 4.78 is 17.8. The van der Waals surface area contributed by atoms with Gasteiger partial charge in [0.25, 0.3) is 0 Å². The molecule has 0 saturated carbocycles. The van der Waals surface area contributed by atoms with Gasteiger partial charge in [-0.1, -0.05) is 48.0 Å². The van der Waals surface area contributed by atoms with Crippen LogP contribution >= 0.6 is 11.6 Å². The number of hydrogen-bond donors (Lipinski definition) is 2. The van der Waals surface area contributed by atoms with Gasteiger partial charge >= 0.3 is 6.09 Å². The van der Waals surface area contributed by atoms with E-state index in [1.165, 1.54) is 0 Å². The number of benzene rings is 2. The number of morpholine rings is 1. The van der Waals surface area contributed by atoms with Crippen LogP contribution in [0, 0.1) is 0 Å². The predicted molar refractivity (Wildman–Crippen MR) is 145 cm³/mol. The number of carboxylic acid groups (broad SMARTS) is 1. The van der Waals surface area contributed by atoms with Crippen LogP contribution in [0.25, 0.3) is 0 Å². The smallest absolute Gasteiger partial charge is 0.407 e. The molecular weight excluding hydrogens is 510 g/mol. The van der Waals surface area contributed by atoms with Crippen LogP contribution in [0.15, 0.2) is 48.5 Å². The number of nitrogens with one attached hydrogen (secondary N) is 1. The summed E-state index contributed by atoms with van der Waals surface area (Å²) in [6, 6.07) is 14.9. The van der Waals surface area contributed by atoms with Gasteiger partial charge < -0.3 is 24.6 Å². The maximum absolute atomic E-state index is 12.8. The van der Waals surface area contributed by atoms with E-state index in [1.54, 1.807) is 12.1 Å². The number of amides is 2. The summed E-state index contributed by atoms with van der Waals surface area (Å²) >= 11 is 6.40. The summed E-state index contributed by atoms with van der Waals surface area (Å²) in [4.78, 5) is 28.0. The van der Waals surface area contributed by atoms with Crippen LogP contribution in [0.5, 0.6) is 0 Å². The lowest BCUT2D eigenvalue weighted by Crippen LogP contribution is -2.42. The maximum Gasteiger partial charge on any atom is 0.407 e. The lowest BCUT2D eigenvalue weighted by molar-refractivity contribution is -0.213. The third kappa shape index (κ3) is 8.15. The van der Waals surface area contributed by atoms with E-state index >= 15 is 0 Å². The van der Waals surface area contributed by atoms with Gasteiger partial charge in [0.1, 0.15) is 6.54 Å². The van der Waals surface area contributed by atoms with Crippen molar-refractivity contribution in [1.29, 1.82) is 0 Å². The van der Waals surface area contributed by atoms with Crippen molar-refractivity contribution in [3.63, 3.8) is 0 Å². The first-order valence-corrected chi connectivity index (χ1v) is 13.4. The van der Waals surface area contributed by atoms with Crippen molar-refractivity contribution >= 4 is 23.6 Å². The third-order valence-electron chi connectivity index (χ3n) is 6.36. The first-order chi connectivity index (χ1) is 18.4. The highest BCUT2D eigenvalue weighted by Crippen LogP contribution is 2.38. The zero-order chi connectivity index (χ0) is 27.4. The van der Waals surface area contributed by atoms with Crippen LogP contribution in [0.4, 0.5) is 4.79 Å². The van der Waals surface area contributed by atoms with Gasteiger partial charge in [0.05, 0.1) is 13.2 Å². The van der Waals surface area contributed by atoms with E-state index < -0.39 is 17.8 Å². The Morgan fingerprint density at radius 1 is 1.11 bits per heavy atom. The van der Waals surface area contributed by atoms with Crippen LogP contribution in [0.2, 0.25) is 5.02 Å². The molecule has 1 heterocycles. The van der Waals surface area contributed by atoms with E-state index in [0.29, 0.717) is 43.4 Å². The predicted octanol–water partition coefficient (Wildman–Crippen LogP) is 3.93. The van der Waals surface area contributed by atoms with Gasteiger partial charge in [-0.2, -0.15) is 0 Å². The van der Waals surface area contributed by atoms with Crippen LogP contribution in [0.1, 0.15) is 37.0 Å². The molecule has 2 aromatic rings. The Bertz CT molecular complexity index is 1030. The molecule has 0 aromatic heterocycles. The molecule has 1 aliphatic heterocycles. The summed E-state index contributed by atoms with van der Waals surface area (Å²) in [5, 5.41) is 13.0. The Labute approximate surface area is 229 Å². The Kier molecular flexibility index (Phi) is 11.8. The van der Waals surface area contributed by atoms with Crippen molar-refractivity contribution in [3.05, 3.63) is 70.2 Å². The zero-order valence-electron chi connectivity index (χ0n) is 22.2. The maximum atomic E-state index is 12.8. The minimum atomic E-state index is -1.22. The molecule has 0 bridgehead atoms. The molecule has 0 atom stereocenters. The highest BCUT2D eigenvalue weighted by atomic mass is 35.5. The van der Waals surface area contributed by atoms with Crippen molar-refractivity contribution in [1.82, 2.24) is 15.1 Å². The number of hydrogen-bond acceptors (Lipinski definition) is 6. The second-order valence-corrected chi connectivity index (χ2v) is 9.37. The Hall–Kier alpha value is -2.69. The van der Waals surface area contributed by atoms with Gasteiger partial charge in [0.2, 0.25) is 11.7 Å². The zero-order valence-corrected chi connectivity index (χ0v) is 22.9. The van der Waals surface area contributed by atoms with Crippen LogP contribution < -0.4 is 5.32 Å². The van der Waals surface area contributed by atoms with Gasteiger partial charge in [-0.25, -0.2) is 4.79 Å². The summed E-state index contributed by atoms with van der Waals surface area (Å²) in [5.74, 6) is -1.61. The molecular formula is C28H38ClN3O6. The highest BCUT2D eigenvalue weighted by molar-refractivity contribution is 6.30. The second kappa shape index (κ2) is 15.0. The van der Waals surface area contributed by atoms with Gasteiger partial charge in [-0.3, -0.25) is 14.6 Å². The Morgan fingerprint density at radius 2 is 1.79 bits per heavy atom. The summed E-state index contributed by atoms with van der Waals surface area (Å²) in [7, 11) is 0. The fourth-order valence-electron chi connectivity index (χ4n) is 4.57. The number of carbonyl (C=O) groups excluding carboxylic acids is 1. The number of halogens is 1. The molecule has 0 unspecified atom stereocenters. The number of carbonyl (C=O) groups is 2. The molecule has 0 aliphatic carbocycles. The van der Waals surface area contributed by atoms with Gasteiger partial charge in [-0.15, -0.1) is 0 Å². The Balaban J connectivity index is 1.72. The molecule has 9 nitrogen and oxygen atoms in total. The molecule has 0 spiro atoms. The lowest BCUT2D eigenvalue weighted by Gasteiger charge is -2.36. The van der Waals surface area contributed by atoms with E-state index in [-0.39, 0.29) is 19.6 Å². The Morgan fingerprint density at radius 3 is 2.42 bits per heavy atom. The topological polar surface area (TPSA) is 101 Å². The molecule has 2 amide bonds. The van der Waals surface area contributed by atoms with Gasteiger partial charge in [0, 0.05) is 62.1 Å². The largest absolute Gasteiger partial charge is 0.465 e. The average Bonchev–Trinajstić information content (AvgIpc) is 2.92. The van der Waals surface area contributed by atoms with E-state index in [2.05, 4.69) is 10.2 Å². The molecule has 2 aromatic carbocycles. The minimum absolute atomic E-state index is 0.154. The van der Waals surface area contributed by atoms with E-state index in [4.69, 9.17) is 25.8 Å². The van der Waals surface area contributed by atoms with E-state index in [0.717, 1.165) is 35.7 Å². The molecule has 1 saturated heterocycles. The van der Waals surface area contributed by atoms with Crippen LogP contribution in [-0.2, 0) is 31.3 Å². The van der Waals surface area contributed by atoms with Crippen molar-refractivity contribution in [2.45, 2.75) is 32.6 Å². The van der Waals surface area contributed by atoms with Crippen molar-refractivity contribution in [2.24, 2.45) is 0 Å². The van der Waals surface area contributed by atoms with E-state index in [9.17, 15) is 14.7 Å². The molecule has 1 aliphatic rings. The number of nitrogens with zero attached hydrogens (tertiary/aromatic N) is 2. The summed E-state index contributed by atoms with van der Waals surface area (Å²) in [6.45, 7) is 8.55. The van der Waals surface area contributed by atoms with Crippen LogP contribution in [-0.4, -0.2) is 86.1 Å². The van der Waals surface area contributed by atoms with Gasteiger partial charge in [0.15, 0.2) is 0 Å². The highest BCUT2D eigenvalue weighted by Gasteiger charge is 2.38. The first kappa shape index (κ1) is 29.9. The normalized spacial score (nSPS) is 14.3. The molecule has 2 N–H and O–H groups in total. The summed E-state index contributed by atoms with van der Waals surface area (Å²) in [6.07, 6.45) is -0.478. The molecule has 0 radical (unpaired) electrons. The van der Waals surface area contributed by atoms with E-state index in [1.807, 2.05) is 50.2 Å². The van der Waals surface area contributed by atoms with Crippen molar-refractivity contribution < 1.29 is 28.9 Å². The van der Waals surface area contributed by atoms with Crippen LogP contribution in [0.3, 0.4) is 0 Å². The SMILES string of the molecule is CCOC(OCC)(c1ccccc1)c1cc(Cl)ccc1CNC(=O)CN(CCCN1CCOCC1)C(=O)O. The fraction of sp³-hybridized carbons (Fsp3) is 0.500. The van der Waals surface area contributed by atoms with Gasteiger partial charge in [-0.05, 0) is 38.0 Å². The monoisotopic (exact) mass is 547 g/mol. The summed E-state index contributed by atoms with van der Waals surface area (Å²) in [5.41, 5.74) is 2.24. The molecule has 3 rings (SSSR count).